The summed E-state index contributed by atoms with van der Waals surface area (Å²) in [5, 5.41) is 0. The molecular weight excluding hydrogens is 180 g/mol. The summed E-state index contributed by atoms with van der Waals surface area (Å²) in [4.78, 5) is 0. The van der Waals surface area contributed by atoms with Crippen molar-refractivity contribution in [3.8, 4) is 0 Å². The zero-order valence-corrected chi connectivity index (χ0v) is 9.42. The van der Waals surface area contributed by atoms with E-state index < -0.39 is 0 Å². The van der Waals surface area contributed by atoms with E-state index in [9.17, 15) is 0 Å². The predicted molar refractivity (Wildman–Crippen MR) is 64.6 cm³/mol. The van der Waals surface area contributed by atoms with Crippen LogP contribution in [0.4, 0.5) is 0 Å². The fourth-order valence-electron chi connectivity index (χ4n) is 3.26. The van der Waals surface area contributed by atoms with Gasteiger partial charge in [-0.15, -0.1) is 0 Å². The van der Waals surface area contributed by atoms with Crippen molar-refractivity contribution >= 4 is 0 Å². The first-order valence-electron chi connectivity index (χ1n) is 6.16. The highest BCUT2D eigenvalue weighted by molar-refractivity contribution is 5.57. The normalized spacial score (nSPS) is 29.3. The number of fused-ring (bicyclic) bond motifs is 2. The minimum absolute atomic E-state index is 0.642. The zero-order valence-electron chi connectivity index (χ0n) is 9.42. The molecule has 0 spiro atoms. The first kappa shape index (κ1) is 9.21. The average Bonchev–Trinajstić information content (AvgIpc) is 2.48. The molecule has 0 bridgehead atoms. The maximum absolute atomic E-state index is 2.38. The predicted octanol–water partition coefficient (Wildman–Crippen LogP) is 4.32. The topological polar surface area (TPSA) is 0 Å². The largest absolute Gasteiger partial charge is 0.0729 e. The van der Waals surface area contributed by atoms with Gasteiger partial charge in [0.15, 0.2) is 0 Å². The number of hydrogen-bond acceptors (Lipinski definition) is 0. The molecule has 0 amide bonds. The lowest BCUT2D eigenvalue weighted by Gasteiger charge is -2.15. The summed E-state index contributed by atoms with van der Waals surface area (Å²) in [5.41, 5.74) is 6.59. The lowest BCUT2D eigenvalue weighted by Crippen LogP contribution is -2.02. The Balaban J connectivity index is 2.06. The molecule has 0 aromatic rings. The zero-order chi connectivity index (χ0) is 10.3. The van der Waals surface area contributed by atoms with Crippen molar-refractivity contribution in [3.05, 3.63) is 46.6 Å². The van der Waals surface area contributed by atoms with E-state index in [-0.39, 0.29) is 0 Å². The molecule has 0 aliphatic heterocycles. The summed E-state index contributed by atoms with van der Waals surface area (Å²) in [5.74, 6) is 0.642. The minimum atomic E-state index is 0.642. The molecule has 0 aromatic heterocycles. The number of hydrogen-bond donors (Lipinski definition) is 0. The maximum atomic E-state index is 2.38. The molecule has 78 valence electrons. The highest BCUT2D eigenvalue weighted by atomic mass is 14.3. The maximum Gasteiger partial charge on any atom is 0.0240 e. The van der Waals surface area contributed by atoms with Gasteiger partial charge in [-0.2, -0.15) is 0 Å². The van der Waals surface area contributed by atoms with Crippen molar-refractivity contribution in [1.29, 1.82) is 0 Å². The van der Waals surface area contributed by atoms with Gasteiger partial charge in [-0.1, -0.05) is 36.3 Å². The third-order valence-corrected chi connectivity index (χ3v) is 4.05. The molecule has 3 rings (SSSR count). The van der Waals surface area contributed by atoms with E-state index in [1.165, 1.54) is 32.1 Å². The van der Waals surface area contributed by atoms with Crippen molar-refractivity contribution in [2.75, 3.05) is 0 Å². The molecule has 1 unspecified atom stereocenters. The Hall–Kier alpha value is -1.04. The molecule has 0 radical (unpaired) electrons. The van der Waals surface area contributed by atoms with Crippen LogP contribution in [0.15, 0.2) is 46.6 Å². The fraction of sp³-hybridized carbons (Fsp3) is 0.467. The second-order valence-electron chi connectivity index (χ2n) is 4.87. The fourth-order valence-corrected chi connectivity index (χ4v) is 3.26. The first-order chi connectivity index (χ1) is 7.38. The molecule has 0 N–H and O–H groups in total. The van der Waals surface area contributed by atoms with Gasteiger partial charge < -0.3 is 0 Å². The monoisotopic (exact) mass is 198 g/mol. The molecule has 3 aliphatic rings. The SMILES string of the molecule is CC1=C2C=CC=CC2C2=C1CCCCC2. The van der Waals surface area contributed by atoms with E-state index in [0.29, 0.717) is 5.92 Å². The summed E-state index contributed by atoms with van der Waals surface area (Å²) in [6.07, 6.45) is 16.0. The van der Waals surface area contributed by atoms with Gasteiger partial charge in [0, 0.05) is 5.92 Å². The van der Waals surface area contributed by atoms with Crippen LogP contribution in [-0.4, -0.2) is 0 Å². The molecule has 0 saturated carbocycles. The van der Waals surface area contributed by atoms with Crippen molar-refractivity contribution in [2.24, 2.45) is 5.92 Å². The molecule has 0 nitrogen and oxygen atoms in total. The van der Waals surface area contributed by atoms with Crippen molar-refractivity contribution < 1.29 is 0 Å². The molecule has 0 fully saturated rings. The van der Waals surface area contributed by atoms with Crippen LogP contribution >= 0.6 is 0 Å². The van der Waals surface area contributed by atoms with E-state index in [1.807, 2.05) is 0 Å². The van der Waals surface area contributed by atoms with Crippen LogP contribution in [0.25, 0.3) is 0 Å². The summed E-state index contributed by atoms with van der Waals surface area (Å²) < 4.78 is 0. The van der Waals surface area contributed by atoms with Crippen LogP contribution in [-0.2, 0) is 0 Å². The molecule has 0 aromatic carbocycles. The Morgan fingerprint density at radius 2 is 1.93 bits per heavy atom. The second kappa shape index (κ2) is 3.52. The Bertz CT molecular complexity index is 402. The van der Waals surface area contributed by atoms with Crippen LogP contribution in [0.5, 0.6) is 0 Å². The van der Waals surface area contributed by atoms with E-state index >= 15 is 0 Å². The highest BCUT2D eigenvalue weighted by Gasteiger charge is 2.29. The van der Waals surface area contributed by atoms with Crippen LogP contribution in [0.1, 0.15) is 39.0 Å². The van der Waals surface area contributed by atoms with Gasteiger partial charge in [0.05, 0.1) is 0 Å². The highest BCUT2D eigenvalue weighted by Crippen LogP contribution is 2.45. The Morgan fingerprint density at radius 3 is 2.87 bits per heavy atom. The van der Waals surface area contributed by atoms with Crippen LogP contribution in [0.2, 0.25) is 0 Å². The van der Waals surface area contributed by atoms with Gasteiger partial charge in [-0.05, 0) is 49.3 Å². The van der Waals surface area contributed by atoms with E-state index in [2.05, 4.69) is 31.2 Å². The van der Waals surface area contributed by atoms with E-state index in [1.54, 1.807) is 22.3 Å². The number of allylic oxidation sites excluding steroid dienone is 8. The summed E-state index contributed by atoms with van der Waals surface area (Å²) in [7, 11) is 0. The molecule has 0 heterocycles. The van der Waals surface area contributed by atoms with Gasteiger partial charge in [-0.3, -0.25) is 0 Å². The summed E-state index contributed by atoms with van der Waals surface area (Å²) in [6, 6.07) is 0. The van der Waals surface area contributed by atoms with Crippen LogP contribution < -0.4 is 0 Å². The lowest BCUT2D eigenvalue weighted by atomic mass is 9.89. The number of rotatable bonds is 0. The van der Waals surface area contributed by atoms with E-state index in [4.69, 9.17) is 0 Å². The van der Waals surface area contributed by atoms with Crippen molar-refractivity contribution in [1.82, 2.24) is 0 Å². The van der Waals surface area contributed by atoms with Crippen molar-refractivity contribution in [3.63, 3.8) is 0 Å². The quantitative estimate of drug-likeness (QED) is 0.544. The molecule has 0 saturated heterocycles. The third-order valence-electron chi connectivity index (χ3n) is 4.05. The molecule has 1 atom stereocenters. The van der Waals surface area contributed by atoms with Gasteiger partial charge in [0.25, 0.3) is 0 Å². The van der Waals surface area contributed by atoms with Gasteiger partial charge >= 0.3 is 0 Å². The molecular formula is C15H18. The lowest BCUT2D eigenvalue weighted by molar-refractivity contribution is 0.689. The smallest absolute Gasteiger partial charge is 0.0240 e. The standard InChI is InChI=1S/C15H18/c1-11-12-7-3-2-4-9-14(12)15-10-6-5-8-13(11)15/h5-6,8,10,15H,2-4,7,9H2,1H3. The van der Waals surface area contributed by atoms with Crippen molar-refractivity contribution in [2.45, 2.75) is 39.0 Å². The van der Waals surface area contributed by atoms with Gasteiger partial charge in [0.2, 0.25) is 0 Å². The van der Waals surface area contributed by atoms with Gasteiger partial charge in [0.1, 0.15) is 0 Å². The summed E-state index contributed by atoms with van der Waals surface area (Å²) in [6.45, 7) is 2.32. The third kappa shape index (κ3) is 1.35. The van der Waals surface area contributed by atoms with Crippen LogP contribution in [0.3, 0.4) is 0 Å². The molecule has 0 heteroatoms. The molecule has 15 heavy (non-hydrogen) atoms. The first-order valence-corrected chi connectivity index (χ1v) is 6.16. The minimum Gasteiger partial charge on any atom is -0.0729 e. The summed E-state index contributed by atoms with van der Waals surface area (Å²) >= 11 is 0. The van der Waals surface area contributed by atoms with Crippen LogP contribution in [0, 0.1) is 5.92 Å². The van der Waals surface area contributed by atoms with Gasteiger partial charge in [-0.25, -0.2) is 0 Å². The Morgan fingerprint density at radius 1 is 1.07 bits per heavy atom. The Kier molecular flexibility index (Phi) is 2.16. The average molecular weight is 198 g/mol. The van der Waals surface area contributed by atoms with E-state index in [0.717, 1.165) is 0 Å². The second-order valence-corrected chi connectivity index (χ2v) is 4.87. The molecule has 3 aliphatic carbocycles. The Labute approximate surface area is 92.1 Å².